The lowest BCUT2D eigenvalue weighted by molar-refractivity contribution is -0.121. The number of hydrogen-bond acceptors (Lipinski definition) is 3. The summed E-state index contributed by atoms with van der Waals surface area (Å²) in [6.45, 7) is 2.93. The van der Waals surface area contributed by atoms with Gasteiger partial charge in [-0.05, 0) is 68.8 Å². The summed E-state index contributed by atoms with van der Waals surface area (Å²) in [7, 11) is 0. The molecular formula is C20H28N2O3. The first kappa shape index (κ1) is 17.9. The number of carbonyl (C=O) groups excluding carboxylic acids is 1. The highest BCUT2D eigenvalue weighted by Crippen LogP contribution is 2.33. The SMILES string of the molecule is O=C(CC[C@@H]1CCCN2CCCC[C@H]12)NCc1ccc(C(=O)O)cc1. The van der Waals surface area contributed by atoms with Gasteiger partial charge in [-0.25, -0.2) is 4.79 Å². The van der Waals surface area contributed by atoms with Gasteiger partial charge in [0.15, 0.2) is 0 Å². The molecule has 5 nitrogen and oxygen atoms in total. The number of carboxylic acid groups (broad SMARTS) is 1. The highest BCUT2D eigenvalue weighted by molar-refractivity contribution is 5.87. The third-order valence-electron chi connectivity index (χ3n) is 5.66. The molecule has 0 unspecified atom stereocenters. The zero-order chi connectivity index (χ0) is 17.6. The summed E-state index contributed by atoms with van der Waals surface area (Å²) in [5, 5.41) is 11.9. The van der Waals surface area contributed by atoms with Crippen molar-refractivity contribution in [2.45, 2.75) is 57.5 Å². The van der Waals surface area contributed by atoms with Crippen LogP contribution in [-0.2, 0) is 11.3 Å². The quantitative estimate of drug-likeness (QED) is 0.832. The van der Waals surface area contributed by atoms with Gasteiger partial charge in [-0.3, -0.25) is 4.79 Å². The van der Waals surface area contributed by atoms with Crippen molar-refractivity contribution in [3.63, 3.8) is 0 Å². The zero-order valence-electron chi connectivity index (χ0n) is 14.7. The van der Waals surface area contributed by atoms with E-state index < -0.39 is 5.97 Å². The van der Waals surface area contributed by atoms with Gasteiger partial charge in [0.25, 0.3) is 0 Å². The predicted molar refractivity (Wildman–Crippen MR) is 96.4 cm³/mol. The van der Waals surface area contributed by atoms with E-state index >= 15 is 0 Å². The molecule has 2 aliphatic rings. The van der Waals surface area contributed by atoms with E-state index in [-0.39, 0.29) is 11.5 Å². The number of nitrogens with one attached hydrogen (secondary N) is 1. The molecule has 1 aromatic carbocycles. The van der Waals surface area contributed by atoms with Crippen molar-refractivity contribution in [3.8, 4) is 0 Å². The summed E-state index contributed by atoms with van der Waals surface area (Å²) in [6.07, 6.45) is 8.03. The van der Waals surface area contributed by atoms with Gasteiger partial charge in [0.05, 0.1) is 5.56 Å². The van der Waals surface area contributed by atoms with Crippen LogP contribution in [-0.4, -0.2) is 41.0 Å². The van der Waals surface area contributed by atoms with Crippen LogP contribution in [0.25, 0.3) is 0 Å². The molecule has 2 fully saturated rings. The molecule has 3 rings (SSSR count). The topological polar surface area (TPSA) is 69.6 Å². The maximum absolute atomic E-state index is 12.2. The molecule has 1 amide bonds. The summed E-state index contributed by atoms with van der Waals surface area (Å²) < 4.78 is 0. The lowest BCUT2D eigenvalue weighted by Crippen LogP contribution is -2.48. The highest BCUT2D eigenvalue weighted by atomic mass is 16.4. The van der Waals surface area contributed by atoms with Crippen LogP contribution in [0.1, 0.15) is 60.9 Å². The average Bonchev–Trinajstić information content (AvgIpc) is 2.65. The minimum absolute atomic E-state index is 0.0928. The number of hydrogen-bond donors (Lipinski definition) is 2. The first-order valence-corrected chi connectivity index (χ1v) is 9.46. The Balaban J connectivity index is 1.42. The summed E-state index contributed by atoms with van der Waals surface area (Å²) in [6, 6.07) is 7.35. The number of fused-ring (bicyclic) bond motifs is 1. The number of carbonyl (C=O) groups is 2. The molecule has 0 aromatic heterocycles. The maximum Gasteiger partial charge on any atom is 0.335 e. The van der Waals surface area contributed by atoms with Crippen LogP contribution in [0.4, 0.5) is 0 Å². The molecule has 0 radical (unpaired) electrons. The number of amides is 1. The van der Waals surface area contributed by atoms with E-state index in [2.05, 4.69) is 10.2 Å². The molecule has 1 aromatic rings. The molecule has 136 valence electrons. The highest BCUT2D eigenvalue weighted by Gasteiger charge is 2.32. The lowest BCUT2D eigenvalue weighted by atomic mass is 9.81. The molecule has 5 heteroatoms. The standard InChI is InChI=1S/C20H28N2O3/c23-19(21-14-15-6-8-17(9-7-15)20(24)25)11-10-16-4-3-13-22-12-2-1-5-18(16)22/h6-9,16,18H,1-5,10-14H2,(H,21,23)(H,24,25)/t16-,18+/m0/s1. The van der Waals surface area contributed by atoms with Gasteiger partial charge in [-0.15, -0.1) is 0 Å². The zero-order valence-corrected chi connectivity index (χ0v) is 14.7. The van der Waals surface area contributed by atoms with E-state index in [9.17, 15) is 9.59 Å². The van der Waals surface area contributed by atoms with Crippen molar-refractivity contribution >= 4 is 11.9 Å². The first-order valence-electron chi connectivity index (χ1n) is 9.46. The largest absolute Gasteiger partial charge is 0.478 e. The van der Waals surface area contributed by atoms with Crippen molar-refractivity contribution in [2.75, 3.05) is 13.1 Å². The fourth-order valence-electron chi connectivity index (χ4n) is 4.28. The molecule has 2 saturated heterocycles. The Hall–Kier alpha value is -1.88. The van der Waals surface area contributed by atoms with E-state index in [0.717, 1.165) is 12.0 Å². The molecule has 2 aliphatic heterocycles. The normalized spacial score (nSPS) is 23.7. The maximum atomic E-state index is 12.2. The van der Waals surface area contributed by atoms with Crippen molar-refractivity contribution in [3.05, 3.63) is 35.4 Å². The van der Waals surface area contributed by atoms with Crippen LogP contribution >= 0.6 is 0 Å². The van der Waals surface area contributed by atoms with Gasteiger partial charge >= 0.3 is 5.97 Å². The second-order valence-electron chi connectivity index (χ2n) is 7.32. The smallest absolute Gasteiger partial charge is 0.335 e. The van der Waals surface area contributed by atoms with Crippen LogP contribution in [0, 0.1) is 5.92 Å². The van der Waals surface area contributed by atoms with Crippen LogP contribution < -0.4 is 5.32 Å². The van der Waals surface area contributed by atoms with E-state index in [1.165, 1.54) is 45.2 Å². The minimum Gasteiger partial charge on any atom is -0.478 e. The Labute approximate surface area is 149 Å². The van der Waals surface area contributed by atoms with Gasteiger partial charge in [-0.1, -0.05) is 18.6 Å². The van der Waals surface area contributed by atoms with E-state index in [1.807, 2.05) is 0 Å². The number of nitrogens with zero attached hydrogens (tertiary/aromatic N) is 1. The molecule has 2 heterocycles. The Bertz CT molecular complexity index is 597. The number of rotatable bonds is 6. The number of piperidine rings is 2. The van der Waals surface area contributed by atoms with Crippen molar-refractivity contribution in [2.24, 2.45) is 5.92 Å². The van der Waals surface area contributed by atoms with Gasteiger partial charge in [-0.2, -0.15) is 0 Å². The molecular weight excluding hydrogens is 316 g/mol. The summed E-state index contributed by atoms with van der Waals surface area (Å²) in [4.78, 5) is 25.7. The molecule has 0 aliphatic carbocycles. The van der Waals surface area contributed by atoms with Crippen LogP contribution in [0.2, 0.25) is 0 Å². The van der Waals surface area contributed by atoms with E-state index in [4.69, 9.17) is 5.11 Å². The Morgan fingerprint density at radius 1 is 1.08 bits per heavy atom. The number of benzene rings is 1. The first-order chi connectivity index (χ1) is 12.1. The Morgan fingerprint density at radius 2 is 1.84 bits per heavy atom. The second kappa shape index (κ2) is 8.48. The molecule has 0 saturated carbocycles. The van der Waals surface area contributed by atoms with E-state index in [1.54, 1.807) is 24.3 Å². The molecule has 0 spiro atoms. The van der Waals surface area contributed by atoms with Gasteiger partial charge in [0.2, 0.25) is 5.91 Å². The van der Waals surface area contributed by atoms with Gasteiger partial charge in [0.1, 0.15) is 0 Å². The van der Waals surface area contributed by atoms with Crippen molar-refractivity contribution in [1.29, 1.82) is 0 Å². The van der Waals surface area contributed by atoms with Crippen molar-refractivity contribution < 1.29 is 14.7 Å². The summed E-state index contributed by atoms with van der Waals surface area (Å²) in [5.74, 6) is -0.176. The predicted octanol–water partition coefficient (Wildman–Crippen LogP) is 3.05. The average molecular weight is 344 g/mol. The second-order valence-corrected chi connectivity index (χ2v) is 7.32. The molecule has 2 N–H and O–H groups in total. The molecule has 2 atom stereocenters. The minimum atomic E-state index is -0.931. The van der Waals surface area contributed by atoms with Gasteiger partial charge in [0, 0.05) is 19.0 Å². The van der Waals surface area contributed by atoms with Crippen LogP contribution in [0.5, 0.6) is 0 Å². The molecule has 25 heavy (non-hydrogen) atoms. The van der Waals surface area contributed by atoms with E-state index in [0.29, 0.717) is 24.9 Å². The van der Waals surface area contributed by atoms with Gasteiger partial charge < -0.3 is 15.3 Å². The van der Waals surface area contributed by atoms with Crippen LogP contribution in [0.15, 0.2) is 24.3 Å². The lowest BCUT2D eigenvalue weighted by Gasteiger charge is -2.44. The van der Waals surface area contributed by atoms with Crippen LogP contribution in [0.3, 0.4) is 0 Å². The fourth-order valence-corrected chi connectivity index (χ4v) is 4.28. The summed E-state index contributed by atoms with van der Waals surface area (Å²) >= 11 is 0. The Kier molecular flexibility index (Phi) is 6.08. The monoisotopic (exact) mass is 344 g/mol. The summed E-state index contributed by atoms with van der Waals surface area (Å²) in [5.41, 5.74) is 1.19. The van der Waals surface area contributed by atoms with Crippen molar-refractivity contribution in [1.82, 2.24) is 10.2 Å². The Morgan fingerprint density at radius 3 is 2.60 bits per heavy atom. The third kappa shape index (κ3) is 4.82. The number of carboxylic acids is 1. The number of aromatic carboxylic acids is 1. The molecule has 0 bridgehead atoms. The fraction of sp³-hybridized carbons (Fsp3) is 0.600. The third-order valence-corrected chi connectivity index (χ3v) is 5.66.